The lowest BCUT2D eigenvalue weighted by Gasteiger charge is -2.38. The van der Waals surface area contributed by atoms with E-state index >= 15 is 0 Å². The molecule has 4 aliphatic heterocycles. The van der Waals surface area contributed by atoms with Crippen LogP contribution in [0.15, 0.2) is 12.4 Å². The minimum atomic E-state index is 0.169. The number of ether oxygens (including phenoxy) is 1. The molecule has 8 heteroatoms. The van der Waals surface area contributed by atoms with Crippen molar-refractivity contribution in [2.24, 2.45) is 11.8 Å². The molecule has 1 aromatic heterocycles. The van der Waals surface area contributed by atoms with E-state index in [1.165, 1.54) is 51.7 Å². The Bertz CT molecular complexity index is 764. The summed E-state index contributed by atoms with van der Waals surface area (Å²) in [5.41, 5.74) is 0. The van der Waals surface area contributed by atoms with Crippen LogP contribution >= 0.6 is 0 Å². The van der Waals surface area contributed by atoms with Crippen molar-refractivity contribution in [1.82, 2.24) is 19.8 Å². The zero-order valence-electron chi connectivity index (χ0n) is 20.0. The maximum absolute atomic E-state index is 13.2. The standard InChI is InChI=1S/C25H40N6O2/c32-25(31-11-4-21(5-12-31)3-10-28-8-1-2-9-28)22-6-13-29(14-7-22)23-19-24(27-20-26-23)30-15-17-33-18-16-30/h19-22H,1-18H2. The highest BCUT2D eigenvalue weighted by Crippen LogP contribution is 2.28. The van der Waals surface area contributed by atoms with E-state index in [0.29, 0.717) is 5.91 Å². The number of anilines is 2. The summed E-state index contributed by atoms with van der Waals surface area (Å²) in [7, 11) is 0. The summed E-state index contributed by atoms with van der Waals surface area (Å²) in [6.45, 7) is 10.8. The molecule has 0 saturated carbocycles. The van der Waals surface area contributed by atoms with Crippen LogP contribution in [0.5, 0.6) is 0 Å². The van der Waals surface area contributed by atoms with Gasteiger partial charge in [-0.25, -0.2) is 9.97 Å². The lowest BCUT2D eigenvalue weighted by molar-refractivity contribution is -0.137. The maximum atomic E-state index is 13.2. The van der Waals surface area contributed by atoms with Crippen LogP contribution in [-0.2, 0) is 9.53 Å². The van der Waals surface area contributed by atoms with Crippen molar-refractivity contribution in [3.8, 4) is 0 Å². The molecule has 0 spiro atoms. The molecule has 4 aliphatic rings. The summed E-state index contributed by atoms with van der Waals surface area (Å²) in [4.78, 5) is 31.6. The van der Waals surface area contributed by atoms with Gasteiger partial charge in [0.25, 0.3) is 0 Å². The Morgan fingerprint density at radius 2 is 1.48 bits per heavy atom. The van der Waals surface area contributed by atoms with Gasteiger partial charge in [0.05, 0.1) is 13.2 Å². The largest absolute Gasteiger partial charge is 0.378 e. The van der Waals surface area contributed by atoms with Crippen molar-refractivity contribution in [3.05, 3.63) is 12.4 Å². The first-order chi connectivity index (χ1) is 16.3. The Kier molecular flexibility index (Phi) is 7.61. The number of aromatic nitrogens is 2. The zero-order valence-corrected chi connectivity index (χ0v) is 20.0. The fourth-order valence-electron chi connectivity index (χ4n) is 5.90. The average molecular weight is 457 g/mol. The van der Waals surface area contributed by atoms with E-state index < -0.39 is 0 Å². The minimum Gasteiger partial charge on any atom is -0.378 e. The van der Waals surface area contributed by atoms with Crippen LogP contribution in [0, 0.1) is 11.8 Å². The van der Waals surface area contributed by atoms with E-state index in [2.05, 4.69) is 35.6 Å². The first-order valence-corrected chi connectivity index (χ1v) is 13.2. The third-order valence-electron chi connectivity index (χ3n) is 8.12. The van der Waals surface area contributed by atoms with Gasteiger partial charge in [-0.1, -0.05) is 0 Å². The summed E-state index contributed by atoms with van der Waals surface area (Å²) in [5, 5.41) is 0. The Morgan fingerprint density at radius 1 is 0.848 bits per heavy atom. The van der Waals surface area contributed by atoms with Gasteiger partial charge in [0.1, 0.15) is 18.0 Å². The fourth-order valence-corrected chi connectivity index (χ4v) is 5.90. The lowest BCUT2D eigenvalue weighted by Crippen LogP contribution is -2.46. The van der Waals surface area contributed by atoms with E-state index in [9.17, 15) is 4.79 Å². The van der Waals surface area contributed by atoms with Gasteiger partial charge in [0, 0.05) is 51.3 Å². The van der Waals surface area contributed by atoms with Gasteiger partial charge in [-0.15, -0.1) is 0 Å². The molecule has 0 aromatic carbocycles. The monoisotopic (exact) mass is 456 g/mol. The van der Waals surface area contributed by atoms with Crippen molar-refractivity contribution in [2.75, 3.05) is 81.9 Å². The van der Waals surface area contributed by atoms with Gasteiger partial charge in [-0.3, -0.25) is 4.79 Å². The maximum Gasteiger partial charge on any atom is 0.225 e. The summed E-state index contributed by atoms with van der Waals surface area (Å²) in [6, 6.07) is 2.10. The number of rotatable bonds is 6. The smallest absolute Gasteiger partial charge is 0.225 e. The second-order valence-corrected chi connectivity index (χ2v) is 10.2. The third-order valence-corrected chi connectivity index (χ3v) is 8.12. The Morgan fingerprint density at radius 3 is 2.15 bits per heavy atom. The topological polar surface area (TPSA) is 65.0 Å². The second-order valence-electron chi connectivity index (χ2n) is 10.2. The number of carbonyl (C=O) groups excluding carboxylic acids is 1. The summed E-state index contributed by atoms with van der Waals surface area (Å²) in [5.74, 6) is 3.33. The van der Waals surface area contributed by atoms with Crippen molar-refractivity contribution in [2.45, 2.75) is 44.9 Å². The van der Waals surface area contributed by atoms with Crippen LogP contribution in [0.2, 0.25) is 0 Å². The molecule has 33 heavy (non-hydrogen) atoms. The molecule has 0 aliphatic carbocycles. The molecule has 4 fully saturated rings. The normalized spacial score (nSPS) is 23.9. The summed E-state index contributed by atoms with van der Waals surface area (Å²) < 4.78 is 5.46. The van der Waals surface area contributed by atoms with Crippen LogP contribution < -0.4 is 9.80 Å². The van der Waals surface area contributed by atoms with Crippen molar-refractivity contribution in [1.29, 1.82) is 0 Å². The van der Waals surface area contributed by atoms with E-state index in [0.717, 1.165) is 82.9 Å². The first kappa shape index (κ1) is 22.8. The highest BCUT2D eigenvalue weighted by Gasteiger charge is 2.31. The van der Waals surface area contributed by atoms with Crippen LogP contribution in [0.25, 0.3) is 0 Å². The van der Waals surface area contributed by atoms with Gasteiger partial charge < -0.3 is 24.3 Å². The van der Waals surface area contributed by atoms with E-state index in [-0.39, 0.29) is 5.92 Å². The van der Waals surface area contributed by atoms with Gasteiger partial charge in [0.15, 0.2) is 0 Å². The van der Waals surface area contributed by atoms with Crippen molar-refractivity contribution in [3.63, 3.8) is 0 Å². The van der Waals surface area contributed by atoms with Gasteiger partial charge in [-0.2, -0.15) is 0 Å². The van der Waals surface area contributed by atoms with Gasteiger partial charge in [-0.05, 0) is 70.5 Å². The van der Waals surface area contributed by atoms with E-state index in [1.54, 1.807) is 6.33 Å². The molecule has 5 rings (SSSR count). The number of hydrogen-bond donors (Lipinski definition) is 0. The number of piperidine rings is 2. The van der Waals surface area contributed by atoms with E-state index in [1.807, 2.05) is 0 Å². The molecule has 0 bridgehead atoms. The molecule has 8 nitrogen and oxygen atoms in total. The predicted octanol–water partition coefficient (Wildman–Crippen LogP) is 2.25. The number of likely N-dealkylation sites (tertiary alicyclic amines) is 2. The van der Waals surface area contributed by atoms with E-state index in [4.69, 9.17) is 4.74 Å². The van der Waals surface area contributed by atoms with Gasteiger partial charge >= 0.3 is 0 Å². The summed E-state index contributed by atoms with van der Waals surface area (Å²) >= 11 is 0. The molecule has 1 amide bonds. The van der Waals surface area contributed by atoms with Crippen LogP contribution in [0.3, 0.4) is 0 Å². The van der Waals surface area contributed by atoms with Crippen molar-refractivity contribution >= 4 is 17.5 Å². The molecule has 4 saturated heterocycles. The minimum absolute atomic E-state index is 0.169. The number of amides is 1. The Labute approximate surface area is 198 Å². The van der Waals surface area contributed by atoms with Crippen LogP contribution in [0.1, 0.15) is 44.9 Å². The lowest BCUT2D eigenvalue weighted by atomic mass is 9.90. The fraction of sp³-hybridized carbons (Fsp3) is 0.800. The number of carbonyl (C=O) groups is 1. The number of hydrogen-bond acceptors (Lipinski definition) is 7. The molecule has 0 unspecified atom stereocenters. The molecule has 0 N–H and O–H groups in total. The van der Waals surface area contributed by atoms with Crippen molar-refractivity contribution < 1.29 is 9.53 Å². The summed E-state index contributed by atoms with van der Waals surface area (Å²) in [6.07, 6.45) is 9.94. The Hall–Kier alpha value is -1.93. The van der Waals surface area contributed by atoms with Gasteiger partial charge in [0.2, 0.25) is 5.91 Å². The quantitative estimate of drug-likeness (QED) is 0.651. The first-order valence-electron chi connectivity index (χ1n) is 13.2. The zero-order chi connectivity index (χ0) is 22.5. The highest BCUT2D eigenvalue weighted by atomic mass is 16.5. The molecule has 1 aromatic rings. The predicted molar refractivity (Wildman–Crippen MR) is 130 cm³/mol. The van der Waals surface area contributed by atoms with Crippen LogP contribution in [-0.4, -0.2) is 97.8 Å². The molecular weight excluding hydrogens is 416 g/mol. The van der Waals surface area contributed by atoms with Crippen LogP contribution in [0.4, 0.5) is 11.6 Å². The molecular formula is C25H40N6O2. The second kappa shape index (κ2) is 11.0. The highest BCUT2D eigenvalue weighted by molar-refractivity contribution is 5.79. The molecule has 182 valence electrons. The molecule has 5 heterocycles. The number of nitrogens with zero attached hydrogens (tertiary/aromatic N) is 6. The average Bonchev–Trinajstić information content (AvgIpc) is 3.42. The molecule has 0 atom stereocenters. The Balaban J connectivity index is 1.06. The molecule has 0 radical (unpaired) electrons. The SMILES string of the molecule is O=C(C1CCN(c2cc(N3CCOCC3)ncn2)CC1)N1CCC(CCN2CCCC2)CC1. The third kappa shape index (κ3) is 5.77. The number of morpholine rings is 1.